The summed E-state index contributed by atoms with van der Waals surface area (Å²) in [7, 11) is 1.88. The molecule has 0 saturated carbocycles. The summed E-state index contributed by atoms with van der Waals surface area (Å²) in [6.45, 7) is 4.77. The molecule has 16 heavy (non-hydrogen) atoms. The third-order valence-electron chi connectivity index (χ3n) is 3.28. The summed E-state index contributed by atoms with van der Waals surface area (Å²) in [5.74, 6) is 0.211. The predicted molar refractivity (Wildman–Crippen MR) is 64.1 cm³/mol. The van der Waals surface area contributed by atoms with Crippen molar-refractivity contribution in [2.75, 3.05) is 13.7 Å². The monoisotopic (exact) mass is 228 g/mol. The van der Waals surface area contributed by atoms with E-state index in [9.17, 15) is 4.79 Å². The van der Waals surface area contributed by atoms with E-state index in [0.717, 1.165) is 25.9 Å². The molecule has 94 valence electrons. The first-order valence-electron chi connectivity index (χ1n) is 6.15. The van der Waals surface area contributed by atoms with Crippen LogP contribution in [0.4, 0.5) is 0 Å². The van der Waals surface area contributed by atoms with Gasteiger partial charge in [-0.25, -0.2) is 0 Å². The van der Waals surface area contributed by atoms with Gasteiger partial charge >= 0.3 is 0 Å². The van der Waals surface area contributed by atoms with Gasteiger partial charge in [0.2, 0.25) is 5.91 Å². The first-order valence-corrected chi connectivity index (χ1v) is 6.15. The average molecular weight is 228 g/mol. The standard InChI is InChI=1S/C12H24N2O2/c1-9(13)5-4-6-12(15)14(3)11-7-8-16-10(11)2/h9-11H,4-8,13H2,1-3H3. The summed E-state index contributed by atoms with van der Waals surface area (Å²) in [6.07, 6.45) is 3.51. The molecule has 3 unspecified atom stereocenters. The molecule has 2 N–H and O–H groups in total. The molecule has 1 rings (SSSR count). The van der Waals surface area contributed by atoms with Crippen LogP contribution in [-0.4, -0.2) is 42.6 Å². The molecule has 1 amide bonds. The Morgan fingerprint density at radius 3 is 2.81 bits per heavy atom. The molecule has 4 nitrogen and oxygen atoms in total. The van der Waals surface area contributed by atoms with Crippen molar-refractivity contribution in [1.82, 2.24) is 4.90 Å². The van der Waals surface area contributed by atoms with E-state index in [-0.39, 0.29) is 24.1 Å². The van der Waals surface area contributed by atoms with Gasteiger partial charge in [0.1, 0.15) is 0 Å². The summed E-state index contributed by atoms with van der Waals surface area (Å²) >= 11 is 0. The Balaban J connectivity index is 2.30. The van der Waals surface area contributed by atoms with Crippen molar-refractivity contribution in [3.05, 3.63) is 0 Å². The lowest BCUT2D eigenvalue weighted by Gasteiger charge is -2.26. The predicted octanol–water partition coefficient (Wildman–Crippen LogP) is 1.14. The zero-order chi connectivity index (χ0) is 12.1. The van der Waals surface area contributed by atoms with Gasteiger partial charge in [-0.1, -0.05) is 0 Å². The van der Waals surface area contributed by atoms with E-state index in [1.807, 2.05) is 25.8 Å². The second-order valence-corrected chi connectivity index (χ2v) is 4.81. The van der Waals surface area contributed by atoms with Crippen LogP contribution >= 0.6 is 0 Å². The molecule has 0 aromatic heterocycles. The van der Waals surface area contributed by atoms with Gasteiger partial charge in [-0.05, 0) is 33.1 Å². The van der Waals surface area contributed by atoms with Crippen LogP contribution in [0.1, 0.15) is 39.5 Å². The highest BCUT2D eigenvalue weighted by Crippen LogP contribution is 2.19. The molecule has 1 saturated heterocycles. The van der Waals surface area contributed by atoms with Crippen LogP contribution in [0.25, 0.3) is 0 Å². The summed E-state index contributed by atoms with van der Waals surface area (Å²) in [5, 5.41) is 0. The maximum atomic E-state index is 11.9. The molecular weight excluding hydrogens is 204 g/mol. The van der Waals surface area contributed by atoms with Gasteiger partial charge in [0.05, 0.1) is 12.1 Å². The Morgan fingerprint density at radius 2 is 2.31 bits per heavy atom. The van der Waals surface area contributed by atoms with Crippen LogP contribution in [0.5, 0.6) is 0 Å². The number of hydrogen-bond donors (Lipinski definition) is 1. The number of carbonyl (C=O) groups is 1. The van der Waals surface area contributed by atoms with Crippen molar-refractivity contribution < 1.29 is 9.53 Å². The number of likely N-dealkylation sites (N-methyl/N-ethyl adjacent to an activating group) is 1. The molecule has 1 aliphatic rings. The number of nitrogens with two attached hydrogens (primary N) is 1. The third-order valence-corrected chi connectivity index (χ3v) is 3.28. The minimum atomic E-state index is 0.169. The molecular formula is C12H24N2O2. The maximum Gasteiger partial charge on any atom is 0.222 e. The zero-order valence-corrected chi connectivity index (χ0v) is 10.6. The Hall–Kier alpha value is -0.610. The summed E-state index contributed by atoms with van der Waals surface area (Å²) < 4.78 is 5.47. The minimum absolute atomic E-state index is 0.169. The van der Waals surface area contributed by atoms with Crippen LogP contribution in [0, 0.1) is 0 Å². The van der Waals surface area contributed by atoms with E-state index in [1.54, 1.807) is 0 Å². The smallest absolute Gasteiger partial charge is 0.222 e. The van der Waals surface area contributed by atoms with Crippen LogP contribution in [0.15, 0.2) is 0 Å². The number of rotatable bonds is 5. The Labute approximate surface area is 98.1 Å². The topological polar surface area (TPSA) is 55.6 Å². The highest BCUT2D eigenvalue weighted by atomic mass is 16.5. The van der Waals surface area contributed by atoms with Crippen LogP contribution < -0.4 is 5.73 Å². The summed E-state index contributed by atoms with van der Waals surface area (Å²) in [6, 6.07) is 0.439. The molecule has 0 spiro atoms. The highest BCUT2D eigenvalue weighted by Gasteiger charge is 2.30. The molecule has 0 aromatic carbocycles. The fraction of sp³-hybridized carbons (Fsp3) is 0.917. The second-order valence-electron chi connectivity index (χ2n) is 4.81. The molecule has 1 aliphatic heterocycles. The number of hydrogen-bond acceptors (Lipinski definition) is 3. The van der Waals surface area contributed by atoms with Crippen molar-refractivity contribution in [3.8, 4) is 0 Å². The quantitative estimate of drug-likeness (QED) is 0.767. The molecule has 1 fully saturated rings. The first-order chi connectivity index (χ1) is 7.52. The second kappa shape index (κ2) is 6.21. The van der Waals surface area contributed by atoms with E-state index in [0.29, 0.717) is 6.42 Å². The maximum absolute atomic E-state index is 11.9. The van der Waals surface area contributed by atoms with Crippen molar-refractivity contribution in [3.63, 3.8) is 0 Å². The van der Waals surface area contributed by atoms with Gasteiger partial charge in [-0.15, -0.1) is 0 Å². The van der Waals surface area contributed by atoms with E-state index in [4.69, 9.17) is 10.5 Å². The molecule has 0 bridgehead atoms. The fourth-order valence-electron chi connectivity index (χ4n) is 2.17. The van der Waals surface area contributed by atoms with Gasteiger partial charge in [-0.2, -0.15) is 0 Å². The fourth-order valence-corrected chi connectivity index (χ4v) is 2.17. The van der Waals surface area contributed by atoms with Crippen molar-refractivity contribution in [1.29, 1.82) is 0 Å². The Morgan fingerprint density at radius 1 is 1.62 bits per heavy atom. The van der Waals surface area contributed by atoms with Gasteiger partial charge < -0.3 is 15.4 Å². The van der Waals surface area contributed by atoms with E-state index < -0.39 is 0 Å². The molecule has 4 heteroatoms. The average Bonchev–Trinajstić information content (AvgIpc) is 2.62. The summed E-state index contributed by atoms with van der Waals surface area (Å²) in [5.41, 5.74) is 5.65. The normalized spacial score (nSPS) is 26.8. The SMILES string of the molecule is CC(N)CCCC(=O)N(C)C1CCOC1C. The van der Waals surface area contributed by atoms with Gasteiger partial charge in [0, 0.05) is 26.1 Å². The molecule has 1 heterocycles. The van der Waals surface area contributed by atoms with Crippen LogP contribution in [0.2, 0.25) is 0 Å². The van der Waals surface area contributed by atoms with E-state index >= 15 is 0 Å². The number of amides is 1. The lowest BCUT2D eigenvalue weighted by atomic mass is 10.1. The van der Waals surface area contributed by atoms with Gasteiger partial charge in [0.25, 0.3) is 0 Å². The number of carbonyl (C=O) groups excluding carboxylic acids is 1. The lowest BCUT2D eigenvalue weighted by Crippen LogP contribution is -2.40. The van der Waals surface area contributed by atoms with Crippen molar-refractivity contribution >= 4 is 5.91 Å². The zero-order valence-electron chi connectivity index (χ0n) is 10.6. The third kappa shape index (κ3) is 3.76. The number of ether oxygens (including phenoxy) is 1. The first kappa shape index (κ1) is 13.5. The molecule has 0 aliphatic carbocycles. The number of nitrogens with zero attached hydrogens (tertiary/aromatic N) is 1. The van der Waals surface area contributed by atoms with E-state index in [2.05, 4.69) is 0 Å². The van der Waals surface area contributed by atoms with Gasteiger partial charge in [0.15, 0.2) is 0 Å². The van der Waals surface area contributed by atoms with Gasteiger partial charge in [-0.3, -0.25) is 4.79 Å². The van der Waals surface area contributed by atoms with Crippen LogP contribution in [-0.2, 0) is 9.53 Å². The van der Waals surface area contributed by atoms with Crippen molar-refractivity contribution in [2.45, 2.75) is 57.7 Å². The lowest BCUT2D eigenvalue weighted by molar-refractivity contribution is -0.133. The van der Waals surface area contributed by atoms with E-state index in [1.165, 1.54) is 0 Å². The minimum Gasteiger partial charge on any atom is -0.376 e. The Bertz CT molecular complexity index is 231. The molecule has 3 atom stereocenters. The molecule has 0 aromatic rings. The molecule has 0 radical (unpaired) electrons. The highest BCUT2D eigenvalue weighted by molar-refractivity contribution is 5.76. The Kier molecular flexibility index (Phi) is 5.22. The summed E-state index contributed by atoms with van der Waals surface area (Å²) in [4.78, 5) is 13.7. The van der Waals surface area contributed by atoms with Crippen molar-refractivity contribution in [2.24, 2.45) is 5.73 Å². The van der Waals surface area contributed by atoms with Crippen LogP contribution in [0.3, 0.4) is 0 Å². The largest absolute Gasteiger partial charge is 0.376 e.